The van der Waals surface area contributed by atoms with Crippen LogP contribution >= 0.6 is 0 Å². The molecule has 0 fully saturated rings. The fourth-order valence-electron chi connectivity index (χ4n) is 2.96. The lowest BCUT2D eigenvalue weighted by Crippen LogP contribution is -2.99. The molecule has 0 bridgehead atoms. The average molecular weight is 283 g/mol. The Hall–Kier alpha value is -2.41. The van der Waals surface area contributed by atoms with Gasteiger partial charge < -0.3 is 5.21 Å². The molecule has 0 radical (unpaired) electrons. The first kappa shape index (κ1) is 12.3. The van der Waals surface area contributed by atoms with Gasteiger partial charge in [0, 0.05) is 12.1 Å². The van der Waals surface area contributed by atoms with Crippen LogP contribution in [0.2, 0.25) is 0 Å². The van der Waals surface area contributed by atoms with Crippen molar-refractivity contribution in [3.8, 4) is 0 Å². The molecule has 1 aliphatic heterocycles. The lowest BCUT2D eigenvalue weighted by atomic mass is 10.1. The third-order valence-electron chi connectivity index (χ3n) is 4.04. The van der Waals surface area contributed by atoms with Crippen molar-refractivity contribution < 1.29 is 10.4 Å². The maximum Gasteiger partial charge on any atom is 0.275 e. The summed E-state index contributed by atoms with van der Waals surface area (Å²) < 4.78 is 3.60. The Labute approximate surface area is 119 Å². The lowest BCUT2D eigenvalue weighted by molar-refractivity contribution is -0.991. The van der Waals surface area contributed by atoms with Crippen LogP contribution < -0.4 is 10.8 Å². The second-order valence-corrected chi connectivity index (χ2v) is 5.23. The van der Waals surface area contributed by atoms with Gasteiger partial charge in [0.25, 0.3) is 5.56 Å². The highest BCUT2D eigenvalue weighted by Gasteiger charge is 2.20. The second-order valence-electron chi connectivity index (χ2n) is 5.23. The van der Waals surface area contributed by atoms with Crippen LogP contribution in [0.5, 0.6) is 0 Å². The summed E-state index contributed by atoms with van der Waals surface area (Å²) in [6.45, 7) is 1.15. The second kappa shape index (κ2) is 4.29. The Balaban J connectivity index is 1.97. The van der Waals surface area contributed by atoms with Gasteiger partial charge in [-0.05, 0) is 17.2 Å². The maximum absolute atomic E-state index is 12.5. The monoisotopic (exact) mass is 283 g/mol. The van der Waals surface area contributed by atoms with Crippen LogP contribution in [0.4, 0.5) is 5.69 Å². The number of hydrogen-bond acceptors (Lipinski definition) is 3. The topological polar surface area (TPSA) is 74.7 Å². The Bertz CT molecular complexity index is 908. The van der Waals surface area contributed by atoms with E-state index in [1.807, 2.05) is 22.9 Å². The van der Waals surface area contributed by atoms with Crippen molar-refractivity contribution >= 4 is 16.6 Å². The quantitative estimate of drug-likeness (QED) is 0.503. The minimum Gasteiger partial charge on any atom is -0.595 e. The fourth-order valence-corrected chi connectivity index (χ4v) is 2.96. The largest absolute Gasteiger partial charge is 0.595 e. The summed E-state index contributed by atoms with van der Waals surface area (Å²) in [7, 11) is 0. The normalized spacial score (nSPS) is 14.8. The molecule has 1 atom stereocenters. The van der Waals surface area contributed by atoms with Gasteiger partial charge in [-0.15, -0.1) is 0 Å². The van der Waals surface area contributed by atoms with Crippen molar-refractivity contribution in [3.05, 3.63) is 69.2 Å². The highest BCUT2D eigenvalue weighted by Crippen LogP contribution is 2.22. The fraction of sp³-hybridized carbons (Fsp3) is 0.133. The highest BCUT2D eigenvalue weighted by molar-refractivity contribution is 5.81. The minimum absolute atomic E-state index is 0.136. The van der Waals surface area contributed by atoms with E-state index in [0.717, 1.165) is 11.1 Å². The summed E-state index contributed by atoms with van der Waals surface area (Å²) in [5.41, 5.74) is 3.10. The summed E-state index contributed by atoms with van der Waals surface area (Å²) in [6.07, 6.45) is 0. The van der Waals surface area contributed by atoms with Gasteiger partial charge in [0.05, 0.1) is 24.0 Å². The Morgan fingerprint density at radius 1 is 1.05 bits per heavy atom. The third-order valence-corrected chi connectivity index (χ3v) is 4.04. The van der Waals surface area contributed by atoms with Crippen molar-refractivity contribution in [2.45, 2.75) is 13.1 Å². The predicted octanol–water partition coefficient (Wildman–Crippen LogP) is 0.616. The molecule has 0 aliphatic carbocycles. The Morgan fingerprint density at radius 2 is 1.71 bits per heavy atom. The molecule has 6 nitrogen and oxygen atoms in total. The van der Waals surface area contributed by atoms with Crippen molar-refractivity contribution in [2.75, 3.05) is 0 Å². The van der Waals surface area contributed by atoms with Gasteiger partial charge in [0.15, 0.2) is 5.69 Å². The van der Waals surface area contributed by atoms with Crippen molar-refractivity contribution in [1.29, 1.82) is 0 Å². The van der Waals surface area contributed by atoms with Gasteiger partial charge in [-0.3, -0.25) is 9.48 Å². The number of hydrogen-bond donors (Lipinski definition) is 2. The molecular weight excluding hydrogens is 270 g/mol. The van der Waals surface area contributed by atoms with Crippen LogP contribution in [0.1, 0.15) is 11.1 Å². The standard InChI is InChI=1S/C15H13N3O3/c19-15-13-7-12(18(20)21)5-6-14(13)16-8-10-3-1-2-4-11(10)9-17(15)16/h1-7,18,20H,8-9H2. The number of benzene rings is 2. The van der Waals surface area contributed by atoms with E-state index < -0.39 is 5.23 Å². The van der Waals surface area contributed by atoms with E-state index in [2.05, 4.69) is 6.07 Å². The zero-order chi connectivity index (χ0) is 14.6. The number of fused-ring (bicyclic) bond motifs is 4. The zero-order valence-corrected chi connectivity index (χ0v) is 11.1. The van der Waals surface area contributed by atoms with Crippen molar-refractivity contribution in [1.82, 2.24) is 9.36 Å². The first-order valence-electron chi connectivity index (χ1n) is 6.68. The van der Waals surface area contributed by atoms with E-state index in [4.69, 9.17) is 5.21 Å². The number of aromatic nitrogens is 2. The Kier molecular flexibility index (Phi) is 2.52. The van der Waals surface area contributed by atoms with E-state index in [1.165, 1.54) is 11.6 Å². The molecule has 0 spiro atoms. The van der Waals surface area contributed by atoms with Crippen LogP contribution in [-0.2, 0) is 13.1 Å². The first-order valence-corrected chi connectivity index (χ1v) is 6.68. The van der Waals surface area contributed by atoms with Crippen LogP contribution in [-0.4, -0.2) is 14.6 Å². The van der Waals surface area contributed by atoms with Crippen LogP contribution in [0, 0.1) is 5.21 Å². The van der Waals surface area contributed by atoms with Gasteiger partial charge in [0.2, 0.25) is 0 Å². The van der Waals surface area contributed by atoms with Gasteiger partial charge in [-0.2, -0.15) is 5.23 Å². The Morgan fingerprint density at radius 3 is 2.38 bits per heavy atom. The molecule has 0 saturated carbocycles. The summed E-state index contributed by atoms with van der Waals surface area (Å²) in [4.78, 5) is 12.5. The molecule has 6 heteroatoms. The van der Waals surface area contributed by atoms with Crippen LogP contribution in [0.15, 0.2) is 47.3 Å². The molecule has 0 amide bonds. The summed E-state index contributed by atoms with van der Waals surface area (Å²) in [5.74, 6) is 0. The number of rotatable bonds is 1. The average Bonchev–Trinajstić information content (AvgIpc) is 2.77. The molecule has 2 aromatic carbocycles. The molecule has 0 saturated heterocycles. The van der Waals surface area contributed by atoms with E-state index in [0.29, 0.717) is 18.5 Å². The SMILES string of the molecule is O=c1c2cc([NH+]([O-])O)ccc2n2n1Cc1ccccc1C2. The third kappa shape index (κ3) is 1.74. The highest BCUT2D eigenvalue weighted by atomic mass is 16.8. The molecule has 1 aromatic heterocycles. The molecular formula is C15H13N3O3. The maximum atomic E-state index is 12.5. The van der Waals surface area contributed by atoms with E-state index in [9.17, 15) is 10.0 Å². The van der Waals surface area contributed by atoms with E-state index in [1.54, 1.807) is 16.8 Å². The van der Waals surface area contributed by atoms with Gasteiger partial charge >= 0.3 is 0 Å². The number of nitrogens with one attached hydrogen (secondary N) is 1. The van der Waals surface area contributed by atoms with Crippen molar-refractivity contribution in [3.63, 3.8) is 0 Å². The van der Waals surface area contributed by atoms with Gasteiger partial charge in [-0.1, -0.05) is 24.3 Å². The van der Waals surface area contributed by atoms with E-state index in [-0.39, 0.29) is 11.2 Å². The lowest BCUT2D eigenvalue weighted by Gasteiger charge is -2.21. The number of nitrogens with zero attached hydrogens (tertiary/aromatic N) is 2. The first-order chi connectivity index (χ1) is 10.1. The molecule has 21 heavy (non-hydrogen) atoms. The van der Waals surface area contributed by atoms with Crippen LogP contribution in [0.3, 0.4) is 0 Å². The molecule has 4 rings (SSSR count). The van der Waals surface area contributed by atoms with E-state index >= 15 is 0 Å². The smallest absolute Gasteiger partial charge is 0.275 e. The molecule has 106 valence electrons. The van der Waals surface area contributed by atoms with Gasteiger partial charge in [-0.25, -0.2) is 9.89 Å². The summed E-state index contributed by atoms with van der Waals surface area (Å²) in [6, 6.07) is 12.7. The molecule has 2 N–H and O–H groups in total. The summed E-state index contributed by atoms with van der Waals surface area (Å²) in [5, 5.41) is 19.6. The minimum atomic E-state index is -1.02. The van der Waals surface area contributed by atoms with Crippen LogP contribution in [0.25, 0.3) is 10.9 Å². The predicted molar refractivity (Wildman–Crippen MR) is 76.6 cm³/mol. The number of quaternary nitrogens is 1. The molecule has 1 aliphatic rings. The molecule has 2 heterocycles. The zero-order valence-electron chi connectivity index (χ0n) is 11.1. The molecule has 3 aromatic rings. The summed E-state index contributed by atoms with van der Waals surface area (Å²) >= 11 is 0. The van der Waals surface area contributed by atoms with Gasteiger partial charge in [0.1, 0.15) is 0 Å². The van der Waals surface area contributed by atoms with Crippen molar-refractivity contribution in [2.24, 2.45) is 0 Å². The molecule has 1 unspecified atom stereocenters.